The van der Waals surface area contributed by atoms with E-state index in [0.717, 1.165) is 18.1 Å². The standard InChI is InChI=1S/C20H21FN4OS.HI/c1-14-9-10-27-18(14)13-25-20(22-2)24-12-15-3-8-19(23-11-15)26-17-6-4-16(21)5-7-17;/h3-11H,12-13H2,1-2H3,(H2,22,24,25);1H. The second kappa shape index (κ2) is 11.0. The Bertz CT molecular complexity index is 897. The summed E-state index contributed by atoms with van der Waals surface area (Å²) in [5, 5.41) is 8.66. The van der Waals surface area contributed by atoms with Gasteiger partial charge >= 0.3 is 0 Å². The van der Waals surface area contributed by atoms with E-state index in [9.17, 15) is 4.39 Å². The van der Waals surface area contributed by atoms with Gasteiger partial charge < -0.3 is 15.4 Å². The van der Waals surface area contributed by atoms with Crippen LogP contribution in [0.2, 0.25) is 0 Å². The third kappa shape index (κ3) is 6.45. The van der Waals surface area contributed by atoms with Crippen LogP contribution in [-0.2, 0) is 13.1 Å². The minimum Gasteiger partial charge on any atom is -0.439 e. The van der Waals surface area contributed by atoms with Crippen LogP contribution < -0.4 is 15.4 Å². The van der Waals surface area contributed by atoms with E-state index in [4.69, 9.17) is 4.74 Å². The van der Waals surface area contributed by atoms with Crippen molar-refractivity contribution in [3.05, 3.63) is 75.9 Å². The van der Waals surface area contributed by atoms with Crippen molar-refractivity contribution in [3.63, 3.8) is 0 Å². The molecule has 0 bridgehead atoms. The molecule has 2 aromatic heterocycles. The van der Waals surface area contributed by atoms with E-state index in [1.54, 1.807) is 42.8 Å². The van der Waals surface area contributed by atoms with Crippen molar-refractivity contribution >= 4 is 41.3 Å². The molecular weight excluding hydrogens is 490 g/mol. The first-order chi connectivity index (χ1) is 13.1. The Morgan fingerprint density at radius 1 is 1.11 bits per heavy atom. The quantitative estimate of drug-likeness (QED) is 0.281. The fraction of sp³-hybridized carbons (Fsp3) is 0.200. The monoisotopic (exact) mass is 512 g/mol. The van der Waals surface area contributed by atoms with Crippen LogP contribution in [0.5, 0.6) is 11.6 Å². The van der Waals surface area contributed by atoms with Gasteiger partial charge in [-0.05, 0) is 53.8 Å². The summed E-state index contributed by atoms with van der Waals surface area (Å²) in [6.45, 7) is 3.43. The average molecular weight is 512 g/mol. The van der Waals surface area contributed by atoms with Crippen LogP contribution in [0.1, 0.15) is 16.0 Å². The molecule has 0 aliphatic rings. The number of benzene rings is 1. The van der Waals surface area contributed by atoms with Crippen LogP contribution >= 0.6 is 35.3 Å². The summed E-state index contributed by atoms with van der Waals surface area (Å²) in [4.78, 5) is 9.81. The summed E-state index contributed by atoms with van der Waals surface area (Å²) >= 11 is 1.73. The summed E-state index contributed by atoms with van der Waals surface area (Å²) in [5.74, 6) is 1.44. The van der Waals surface area contributed by atoms with Crippen LogP contribution in [0, 0.1) is 12.7 Å². The lowest BCUT2D eigenvalue weighted by Gasteiger charge is -2.12. The number of guanidine groups is 1. The van der Waals surface area contributed by atoms with Crippen LogP contribution in [0.3, 0.4) is 0 Å². The van der Waals surface area contributed by atoms with Gasteiger partial charge in [0.2, 0.25) is 5.88 Å². The number of aryl methyl sites for hydroxylation is 1. The lowest BCUT2D eigenvalue weighted by atomic mass is 10.3. The molecule has 0 fully saturated rings. The number of nitrogens with zero attached hydrogens (tertiary/aromatic N) is 2. The molecule has 1 aromatic carbocycles. The summed E-state index contributed by atoms with van der Waals surface area (Å²) < 4.78 is 18.5. The van der Waals surface area contributed by atoms with Crippen LogP contribution in [0.4, 0.5) is 4.39 Å². The van der Waals surface area contributed by atoms with Gasteiger partial charge in [-0.15, -0.1) is 35.3 Å². The van der Waals surface area contributed by atoms with Gasteiger partial charge in [0.25, 0.3) is 0 Å². The van der Waals surface area contributed by atoms with Gasteiger partial charge in [0.05, 0.1) is 6.54 Å². The highest BCUT2D eigenvalue weighted by Crippen LogP contribution is 2.19. The van der Waals surface area contributed by atoms with E-state index < -0.39 is 0 Å². The number of nitrogens with one attached hydrogen (secondary N) is 2. The van der Waals surface area contributed by atoms with Gasteiger partial charge in [-0.2, -0.15) is 0 Å². The molecule has 0 radical (unpaired) electrons. The molecule has 2 heterocycles. The topological polar surface area (TPSA) is 58.5 Å². The first-order valence-electron chi connectivity index (χ1n) is 8.50. The highest BCUT2D eigenvalue weighted by atomic mass is 127. The predicted octanol–water partition coefficient (Wildman–Crippen LogP) is 4.87. The molecule has 0 saturated carbocycles. The van der Waals surface area contributed by atoms with E-state index in [1.165, 1.54) is 22.6 Å². The lowest BCUT2D eigenvalue weighted by Crippen LogP contribution is -2.36. The van der Waals surface area contributed by atoms with Gasteiger partial charge in [0, 0.05) is 30.7 Å². The van der Waals surface area contributed by atoms with Crippen molar-refractivity contribution in [2.24, 2.45) is 4.99 Å². The molecule has 3 rings (SSSR count). The zero-order valence-electron chi connectivity index (χ0n) is 15.6. The van der Waals surface area contributed by atoms with Crippen molar-refractivity contribution in [1.29, 1.82) is 0 Å². The number of hydrogen-bond acceptors (Lipinski definition) is 4. The highest BCUT2D eigenvalue weighted by molar-refractivity contribution is 14.0. The molecule has 8 heteroatoms. The number of ether oxygens (including phenoxy) is 1. The average Bonchev–Trinajstić information content (AvgIpc) is 3.10. The predicted molar refractivity (Wildman–Crippen MR) is 122 cm³/mol. The zero-order chi connectivity index (χ0) is 19.1. The van der Waals surface area contributed by atoms with Crippen molar-refractivity contribution in [2.75, 3.05) is 7.05 Å². The Kier molecular flexibility index (Phi) is 8.65. The summed E-state index contributed by atoms with van der Waals surface area (Å²) in [5.41, 5.74) is 2.28. The van der Waals surface area contributed by atoms with Gasteiger partial charge in [0.1, 0.15) is 11.6 Å². The fourth-order valence-corrected chi connectivity index (χ4v) is 3.20. The number of pyridine rings is 1. The summed E-state index contributed by atoms with van der Waals surface area (Å²) in [6, 6.07) is 11.7. The van der Waals surface area contributed by atoms with Crippen LogP contribution in [0.25, 0.3) is 0 Å². The van der Waals surface area contributed by atoms with E-state index >= 15 is 0 Å². The van der Waals surface area contributed by atoms with Gasteiger partial charge in [-0.1, -0.05) is 6.07 Å². The largest absolute Gasteiger partial charge is 0.439 e. The maximum Gasteiger partial charge on any atom is 0.219 e. The molecule has 0 spiro atoms. The number of thiophene rings is 1. The summed E-state index contributed by atoms with van der Waals surface area (Å²) in [6.07, 6.45) is 1.74. The zero-order valence-corrected chi connectivity index (χ0v) is 18.8. The molecule has 28 heavy (non-hydrogen) atoms. The maximum atomic E-state index is 12.9. The van der Waals surface area contributed by atoms with Gasteiger partial charge in [0.15, 0.2) is 5.96 Å². The van der Waals surface area contributed by atoms with Crippen molar-refractivity contribution in [3.8, 4) is 11.6 Å². The second-order valence-electron chi connectivity index (χ2n) is 5.87. The highest BCUT2D eigenvalue weighted by Gasteiger charge is 2.04. The van der Waals surface area contributed by atoms with Crippen molar-refractivity contribution in [2.45, 2.75) is 20.0 Å². The molecule has 148 valence electrons. The maximum absolute atomic E-state index is 12.9. The van der Waals surface area contributed by atoms with Gasteiger partial charge in [-0.3, -0.25) is 4.99 Å². The molecule has 0 unspecified atom stereocenters. The normalized spacial score (nSPS) is 10.9. The van der Waals surface area contributed by atoms with Crippen LogP contribution in [0.15, 0.2) is 59.0 Å². The number of hydrogen-bond donors (Lipinski definition) is 2. The number of rotatable bonds is 6. The Labute approximate surface area is 185 Å². The molecule has 3 aromatic rings. The Morgan fingerprint density at radius 2 is 1.86 bits per heavy atom. The Hall–Kier alpha value is -2.20. The van der Waals surface area contributed by atoms with Crippen molar-refractivity contribution < 1.29 is 9.13 Å². The van der Waals surface area contributed by atoms with E-state index in [0.29, 0.717) is 18.2 Å². The Balaban J connectivity index is 0.00000280. The first kappa shape index (κ1) is 22.1. The number of halogens is 2. The smallest absolute Gasteiger partial charge is 0.219 e. The van der Waals surface area contributed by atoms with E-state index in [1.807, 2.05) is 6.07 Å². The van der Waals surface area contributed by atoms with Crippen LogP contribution in [-0.4, -0.2) is 18.0 Å². The molecule has 0 aliphatic carbocycles. The molecule has 0 amide bonds. The molecule has 0 atom stereocenters. The summed E-state index contributed by atoms with van der Waals surface area (Å²) in [7, 11) is 1.74. The van der Waals surface area contributed by atoms with Gasteiger partial charge in [-0.25, -0.2) is 9.37 Å². The molecule has 2 N–H and O–H groups in total. The first-order valence-corrected chi connectivity index (χ1v) is 9.38. The molecular formula is C20H22FIN4OS. The van der Waals surface area contributed by atoms with E-state index in [2.05, 4.69) is 39.0 Å². The number of aromatic nitrogens is 1. The SMILES string of the molecule is CN=C(NCc1ccc(Oc2ccc(F)cc2)nc1)NCc1sccc1C.I. The van der Waals surface area contributed by atoms with Crippen molar-refractivity contribution in [1.82, 2.24) is 15.6 Å². The second-order valence-corrected chi connectivity index (χ2v) is 6.87. The Morgan fingerprint density at radius 3 is 2.46 bits per heavy atom. The molecule has 0 aliphatic heterocycles. The number of aliphatic imine (C=N–C) groups is 1. The molecule has 5 nitrogen and oxygen atoms in total. The third-order valence-corrected chi connectivity index (χ3v) is 4.92. The minimum atomic E-state index is -0.298. The lowest BCUT2D eigenvalue weighted by molar-refractivity contribution is 0.461. The minimum absolute atomic E-state index is 0. The third-order valence-electron chi connectivity index (χ3n) is 3.90. The fourth-order valence-electron chi connectivity index (χ4n) is 2.35. The molecule has 0 saturated heterocycles. The van der Waals surface area contributed by atoms with E-state index in [-0.39, 0.29) is 29.8 Å².